The Hall–Kier alpha value is -3.53. The Morgan fingerprint density at radius 3 is 2.38 bits per heavy atom. The number of morpholine rings is 1. The second kappa shape index (κ2) is 12.4. The van der Waals surface area contributed by atoms with Gasteiger partial charge in [0.05, 0.1) is 13.2 Å². The molecule has 6 rings (SSSR count). The summed E-state index contributed by atoms with van der Waals surface area (Å²) in [6.07, 6.45) is 2.70. The zero-order valence-corrected chi connectivity index (χ0v) is 24.4. The van der Waals surface area contributed by atoms with Gasteiger partial charge in [-0.05, 0) is 74.2 Å². The van der Waals surface area contributed by atoms with Crippen LogP contribution in [0.2, 0.25) is 0 Å². The number of hydrogen-bond donors (Lipinski definition) is 2. The Balaban J connectivity index is 0.00000368. The summed E-state index contributed by atoms with van der Waals surface area (Å²) in [4.78, 5) is 11.6. The summed E-state index contributed by atoms with van der Waals surface area (Å²) in [6.45, 7) is 10.8. The van der Waals surface area contributed by atoms with Gasteiger partial charge in [0, 0.05) is 75.8 Å². The quantitative estimate of drug-likeness (QED) is 0.259. The van der Waals surface area contributed by atoms with E-state index in [4.69, 9.17) is 4.74 Å². The first kappa shape index (κ1) is 28.6. The van der Waals surface area contributed by atoms with Crippen LogP contribution in [0.5, 0.6) is 5.75 Å². The number of nitrogens with zero attached hydrogens (tertiary/aromatic N) is 4. The van der Waals surface area contributed by atoms with Gasteiger partial charge >= 0.3 is 0 Å². The highest BCUT2D eigenvalue weighted by atomic mass is 19.1. The lowest BCUT2D eigenvalue weighted by Crippen LogP contribution is -2.47. The Morgan fingerprint density at radius 1 is 1.00 bits per heavy atom. The van der Waals surface area contributed by atoms with E-state index in [2.05, 4.69) is 45.2 Å². The summed E-state index contributed by atoms with van der Waals surface area (Å²) in [6, 6.07) is 14.7. The Bertz CT molecular complexity index is 1440. The third-order valence-electron chi connectivity index (χ3n) is 8.48. The highest BCUT2D eigenvalue weighted by Gasteiger charge is 2.31. The van der Waals surface area contributed by atoms with Crippen molar-refractivity contribution < 1.29 is 20.1 Å². The van der Waals surface area contributed by atoms with Gasteiger partial charge in [-0.3, -0.25) is 9.80 Å². The zero-order chi connectivity index (χ0) is 29.2. The first-order chi connectivity index (χ1) is 20.4. The van der Waals surface area contributed by atoms with Crippen LogP contribution in [0.25, 0.3) is 11.1 Å². The molecule has 0 unspecified atom stereocenters. The number of aliphatic imine (C=N–C) groups is 1. The number of aromatic hydroxyl groups is 1. The highest BCUT2D eigenvalue weighted by molar-refractivity contribution is 5.96. The number of phenols is 1. The topological polar surface area (TPSA) is 63.6 Å². The number of benzene rings is 3. The largest absolute Gasteiger partial charge is 0.505 e. The van der Waals surface area contributed by atoms with E-state index in [-0.39, 0.29) is 24.8 Å². The van der Waals surface area contributed by atoms with Crippen LogP contribution in [0.4, 0.5) is 25.8 Å². The molecule has 0 amide bonds. The van der Waals surface area contributed by atoms with Gasteiger partial charge in [-0.1, -0.05) is 12.1 Å². The molecule has 9 heteroatoms. The number of amidine groups is 1. The van der Waals surface area contributed by atoms with E-state index in [0.29, 0.717) is 43.4 Å². The van der Waals surface area contributed by atoms with Gasteiger partial charge in [0.2, 0.25) is 0 Å². The number of anilines is 2. The summed E-state index contributed by atoms with van der Waals surface area (Å²) in [5.74, 6) is -0.807. The van der Waals surface area contributed by atoms with Gasteiger partial charge < -0.3 is 20.1 Å². The molecule has 2 N–H and O–H groups in total. The van der Waals surface area contributed by atoms with Crippen molar-refractivity contribution in [2.45, 2.75) is 39.3 Å². The maximum Gasteiger partial charge on any atom is 0.149 e. The van der Waals surface area contributed by atoms with Crippen LogP contribution in [0.15, 0.2) is 53.5 Å². The first-order valence-electron chi connectivity index (χ1n) is 14.9. The molecule has 0 spiro atoms. The van der Waals surface area contributed by atoms with Crippen molar-refractivity contribution in [3.63, 3.8) is 0 Å². The minimum atomic E-state index is -0.633. The molecular weight excluding hydrogens is 536 g/mol. The molecule has 3 fully saturated rings. The van der Waals surface area contributed by atoms with Gasteiger partial charge in [-0.2, -0.15) is 0 Å². The van der Waals surface area contributed by atoms with E-state index in [9.17, 15) is 5.11 Å². The number of halogens is 2. The Labute approximate surface area is 247 Å². The van der Waals surface area contributed by atoms with Crippen LogP contribution >= 0.6 is 0 Å². The van der Waals surface area contributed by atoms with Crippen molar-refractivity contribution in [3.8, 4) is 16.9 Å². The summed E-state index contributed by atoms with van der Waals surface area (Å²) >= 11 is 0. The lowest BCUT2D eigenvalue weighted by molar-refractivity contribution is 0.0332. The van der Waals surface area contributed by atoms with Crippen LogP contribution in [-0.2, 0) is 11.3 Å². The number of phenolic OH excluding ortho intramolecular Hbond substituents is 1. The number of piperazine rings is 1. The smallest absolute Gasteiger partial charge is 0.149 e. The van der Waals surface area contributed by atoms with Gasteiger partial charge in [0.25, 0.3) is 0 Å². The first-order valence-corrected chi connectivity index (χ1v) is 14.9. The molecule has 0 atom stereocenters. The maximum atomic E-state index is 15.0. The van der Waals surface area contributed by atoms with Crippen LogP contribution in [0.3, 0.4) is 0 Å². The third kappa shape index (κ3) is 6.43. The van der Waals surface area contributed by atoms with E-state index in [1.165, 1.54) is 36.2 Å². The van der Waals surface area contributed by atoms with Crippen LogP contribution in [0.1, 0.15) is 32.3 Å². The fourth-order valence-corrected chi connectivity index (χ4v) is 6.02. The number of rotatable bonds is 7. The normalized spacial score (nSPS) is 18.9. The van der Waals surface area contributed by atoms with Crippen molar-refractivity contribution >= 4 is 22.9 Å². The van der Waals surface area contributed by atoms with E-state index in [0.717, 1.165) is 37.9 Å². The molecule has 1 aliphatic carbocycles. The third-order valence-corrected chi connectivity index (χ3v) is 8.48. The van der Waals surface area contributed by atoms with Crippen LogP contribution in [0, 0.1) is 18.6 Å². The molecule has 3 aromatic carbocycles. The number of para-hydroxylation sites is 1. The molecule has 7 nitrogen and oxygen atoms in total. The molecule has 0 aromatic heterocycles. The summed E-state index contributed by atoms with van der Waals surface area (Å²) < 4.78 is 35.4. The molecular formula is C33H41F2N5O2. The molecule has 0 radical (unpaired) electrons. The zero-order valence-electron chi connectivity index (χ0n) is 24.4. The van der Waals surface area contributed by atoms with Crippen molar-refractivity contribution in [2.24, 2.45) is 4.99 Å². The van der Waals surface area contributed by atoms with Gasteiger partial charge in [-0.15, -0.1) is 0 Å². The van der Waals surface area contributed by atoms with E-state index < -0.39 is 11.6 Å². The Morgan fingerprint density at radius 2 is 1.71 bits per heavy atom. The fraction of sp³-hybridized carbons (Fsp3) is 0.424. The fourth-order valence-electron chi connectivity index (χ4n) is 6.02. The summed E-state index contributed by atoms with van der Waals surface area (Å²) in [5.41, 5.74) is 4.28. The Kier molecular flexibility index (Phi) is 8.42. The molecule has 3 aromatic rings. The lowest BCUT2D eigenvalue weighted by atomic mass is 10.0. The van der Waals surface area contributed by atoms with E-state index >= 15 is 8.78 Å². The maximum absolute atomic E-state index is 15.0. The lowest BCUT2D eigenvalue weighted by Gasteiger charge is -2.37. The molecule has 2 aliphatic heterocycles. The summed E-state index contributed by atoms with van der Waals surface area (Å²) in [5, 5.41) is 14.4. The number of ether oxygens (including phenoxy) is 1. The molecule has 1 saturated carbocycles. The van der Waals surface area contributed by atoms with Gasteiger partial charge in [0.15, 0.2) is 0 Å². The average molecular weight is 578 g/mol. The number of nitrogens with one attached hydrogen (secondary N) is 1. The second-order valence-corrected chi connectivity index (χ2v) is 11.6. The van der Waals surface area contributed by atoms with Crippen LogP contribution < -0.4 is 10.2 Å². The van der Waals surface area contributed by atoms with E-state index in [1.807, 2.05) is 11.8 Å². The molecule has 42 heavy (non-hydrogen) atoms. The van der Waals surface area contributed by atoms with Crippen molar-refractivity contribution in [3.05, 3.63) is 71.3 Å². The SMILES string of the molecule is CC(=Nc1cccc(-c2cc(F)c(CN3CCOCC3)c(F)c2)c1O)Nc1ccc(N2CCN(C3CC3)CC2)c(C)c1.[HH]. The molecule has 0 bridgehead atoms. The van der Waals surface area contributed by atoms with E-state index in [1.54, 1.807) is 18.2 Å². The molecule has 224 valence electrons. The minimum Gasteiger partial charge on any atom is -0.505 e. The van der Waals surface area contributed by atoms with Gasteiger partial charge in [0.1, 0.15) is 28.9 Å². The van der Waals surface area contributed by atoms with Crippen molar-refractivity contribution in [2.75, 3.05) is 62.7 Å². The standard InChI is InChI=1S/C33H39F2N5O2.H2/c1-22-18-25(6-9-32(22)40-12-10-39(11-13-40)26-7-8-26)36-23(2)37-31-5-3-4-27(33(31)41)24-19-29(34)28(30(35)20-24)21-38-14-16-42-17-15-38;/h3-6,9,18-20,26,41H,7-8,10-17,21H2,1-2H3,(H,36,37);1H. The predicted octanol–water partition coefficient (Wildman–Crippen LogP) is 6.17. The number of hydrogen-bond acceptors (Lipinski definition) is 6. The average Bonchev–Trinajstić information content (AvgIpc) is 3.83. The minimum absolute atomic E-state index is 0. The molecule has 2 heterocycles. The monoisotopic (exact) mass is 577 g/mol. The highest BCUT2D eigenvalue weighted by Crippen LogP contribution is 2.38. The van der Waals surface area contributed by atoms with Crippen LogP contribution in [-0.4, -0.2) is 79.3 Å². The van der Waals surface area contributed by atoms with Gasteiger partial charge in [-0.25, -0.2) is 13.8 Å². The molecule has 3 aliphatic rings. The number of aryl methyl sites for hydroxylation is 1. The predicted molar refractivity (Wildman–Crippen MR) is 166 cm³/mol. The summed E-state index contributed by atoms with van der Waals surface area (Å²) in [7, 11) is 0. The van der Waals surface area contributed by atoms with Crippen molar-refractivity contribution in [1.82, 2.24) is 9.80 Å². The second-order valence-electron chi connectivity index (χ2n) is 11.6. The van der Waals surface area contributed by atoms with Crippen molar-refractivity contribution in [1.29, 1.82) is 0 Å². The molecule has 2 saturated heterocycles.